The van der Waals surface area contributed by atoms with E-state index in [1.54, 1.807) is 32.2 Å². The first-order valence-corrected chi connectivity index (χ1v) is 4.72. The Kier molecular flexibility index (Phi) is 3.89. The second-order valence-electron chi connectivity index (χ2n) is 3.47. The maximum Gasteiger partial charge on any atom is 0.119 e. The van der Waals surface area contributed by atoms with Gasteiger partial charge in [-0.2, -0.15) is 0 Å². The van der Waals surface area contributed by atoms with Crippen molar-refractivity contribution in [3.8, 4) is 5.75 Å². The lowest BCUT2D eigenvalue weighted by molar-refractivity contribution is 0.267. The Morgan fingerprint density at radius 3 is 2.79 bits per heavy atom. The number of hydrogen-bond acceptors (Lipinski definition) is 2. The zero-order valence-corrected chi connectivity index (χ0v) is 8.50. The lowest BCUT2D eigenvalue weighted by atomic mass is 10.0. The molecule has 0 aromatic heterocycles. The molecule has 2 unspecified atom stereocenters. The quantitative estimate of drug-likeness (QED) is 0.772. The van der Waals surface area contributed by atoms with Crippen LogP contribution in [0.2, 0.25) is 0 Å². The van der Waals surface area contributed by atoms with Gasteiger partial charge >= 0.3 is 0 Å². The van der Waals surface area contributed by atoms with Crippen LogP contribution in [-0.4, -0.2) is 24.4 Å². The van der Waals surface area contributed by atoms with Crippen LogP contribution in [0, 0.1) is 0 Å². The average Bonchev–Trinajstić information content (AvgIpc) is 2.16. The summed E-state index contributed by atoms with van der Waals surface area (Å²) in [6.45, 7) is 1.80. The van der Waals surface area contributed by atoms with Crippen LogP contribution in [0.3, 0.4) is 0 Å². The first-order valence-electron chi connectivity index (χ1n) is 4.72. The monoisotopic (exact) mass is 197 g/mol. The van der Waals surface area contributed by atoms with Crippen molar-refractivity contribution in [2.75, 3.05) is 7.05 Å². The van der Waals surface area contributed by atoms with Gasteiger partial charge in [0.25, 0.3) is 0 Å². The molecule has 0 amide bonds. The van der Waals surface area contributed by atoms with Crippen molar-refractivity contribution >= 4 is 0 Å². The Bertz CT molecular complexity index is 290. The lowest BCUT2D eigenvalue weighted by Gasteiger charge is -2.15. The summed E-state index contributed by atoms with van der Waals surface area (Å²) >= 11 is 0. The van der Waals surface area contributed by atoms with E-state index < -0.39 is 6.17 Å². The summed E-state index contributed by atoms with van der Waals surface area (Å²) in [5.74, 6) is 0.187. The molecule has 0 spiro atoms. The maximum absolute atomic E-state index is 13.5. The third-order valence-corrected chi connectivity index (χ3v) is 2.34. The zero-order valence-electron chi connectivity index (χ0n) is 8.50. The minimum Gasteiger partial charge on any atom is -0.508 e. The second kappa shape index (κ2) is 4.96. The van der Waals surface area contributed by atoms with Gasteiger partial charge in [-0.1, -0.05) is 12.1 Å². The fraction of sp³-hybridized carbons (Fsp3) is 0.455. The third kappa shape index (κ3) is 3.00. The molecule has 1 aromatic carbocycles. The van der Waals surface area contributed by atoms with Crippen LogP contribution in [0.1, 0.15) is 12.5 Å². The van der Waals surface area contributed by atoms with Crippen molar-refractivity contribution in [2.45, 2.75) is 25.6 Å². The minimum absolute atomic E-state index is 0.169. The van der Waals surface area contributed by atoms with Gasteiger partial charge in [-0.15, -0.1) is 0 Å². The van der Waals surface area contributed by atoms with Crippen molar-refractivity contribution < 1.29 is 9.50 Å². The first-order chi connectivity index (χ1) is 6.63. The fourth-order valence-electron chi connectivity index (χ4n) is 1.27. The number of rotatable bonds is 4. The van der Waals surface area contributed by atoms with Crippen LogP contribution in [-0.2, 0) is 6.42 Å². The molecule has 1 aromatic rings. The molecule has 2 N–H and O–H groups in total. The Hall–Kier alpha value is -1.09. The molecular formula is C11H16FNO. The molecule has 0 aliphatic rings. The zero-order chi connectivity index (χ0) is 10.6. The third-order valence-electron chi connectivity index (χ3n) is 2.34. The fourth-order valence-corrected chi connectivity index (χ4v) is 1.27. The van der Waals surface area contributed by atoms with Crippen molar-refractivity contribution in [1.29, 1.82) is 0 Å². The van der Waals surface area contributed by atoms with E-state index in [9.17, 15) is 9.50 Å². The molecule has 3 heteroatoms. The van der Waals surface area contributed by atoms with Crippen LogP contribution < -0.4 is 5.32 Å². The van der Waals surface area contributed by atoms with Gasteiger partial charge in [-0.05, 0) is 31.7 Å². The van der Waals surface area contributed by atoms with E-state index in [4.69, 9.17) is 0 Å². The van der Waals surface area contributed by atoms with E-state index in [1.807, 2.05) is 6.07 Å². The minimum atomic E-state index is -0.929. The summed E-state index contributed by atoms with van der Waals surface area (Å²) in [5, 5.41) is 12.0. The SMILES string of the molecule is CNC(C)C(F)Cc1cccc(O)c1. The molecule has 0 aliphatic heterocycles. The number of halogens is 1. The topological polar surface area (TPSA) is 32.3 Å². The molecule has 0 bridgehead atoms. The van der Waals surface area contributed by atoms with Gasteiger partial charge in [0.2, 0.25) is 0 Å². The predicted octanol–water partition coefficient (Wildman–Crippen LogP) is 1.88. The van der Waals surface area contributed by atoms with Crippen molar-refractivity contribution in [1.82, 2.24) is 5.32 Å². The highest BCUT2D eigenvalue weighted by molar-refractivity contribution is 5.27. The van der Waals surface area contributed by atoms with E-state index in [2.05, 4.69) is 5.32 Å². The summed E-state index contributed by atoms with van der Waals surface area (Å²) in [5.41, 5.74) is 0.819. The molecule has 0 heterocycles. The van der Waals surface area contributed by atoms with E-state index in [0.717, 1.165) is 5.56 Å². The summed E-state index contributed by atoms with van der Waals surface area (Å²) in [7, 11) is 1.74. The Morgan fingerprint density at radius 1 is 1.50 bits per heavy atom. The van der Waals surface area contributed by atoms with E-state index in [-0.39, 0.29) is 11.8 Å². The Morgan fingerprint density at radius 2 is 2.21 bits per heavy atom. The van der Waals surface area contributed by atoms with E-state index in [1.165, 1.54) is 0 Å². The summed E-state index contributed by atoms with van der Waals surface area (Å²) in [4.78, 5) is 0. The van der Waals surface area contributed by atoms with Crippen LogP contribution in [0.4, 0.5) is 4.39 Å². The molecule has 1 rings (SSSR count). The van der Waals surface area contributed by atoms with Crippen molar-refractivity contribution in [3.63, 3.8) is 0 Å². The van der Waals surface area contributed by atoms with E-state index in [0.29, 0.717) is 6.42 Å². The van der Waals surface area contributed by atoms with Crippen LogP contribution in [0.5, 0.6) is 5.75 Å². The molecule has 0 radical (unpaired) electrons. The number of phenols is 1. The van der Waals surface area contributed by atoms with Gasteiger partial charge < -0.3 is 10.4 Å². The van der Waals surface area contributed by atoms with Crippen molar-refractivity contribution in [2.24, 2.45) is 0 Å². The predicted molar refractivity (Wildman–Crippen MR) is 55.2 cm³/mol. The van der Waals surface area contributed by atoms with Crippen molar-refractivity contribution in [3.05, 3.63) is 29.8 Å². The number of alkyl halides is 1. The highest BCUT2D eigenvalue weighted by Gasteiger charge is 2.14. The van der Waals surface area contributed by atoms with Gasteiger partial charge in [0.15, 0.2) is 0 Å². The van der Waals surface area contributed by atoms with Gasteiger partial charge in [0.1, 0.15) is 11.9 Å². The molecule has 14 heavy (non-hydrogen) atoms. The summed E-state index contributed by atoms with van der Waals surface area (Å²) < 4.78 is 13.5. The molecule has 78 valence electrons. The lowest BCUT2D eigenvalue weighted by Crippen LogP contribution is -2.33. The van der Waals surface area contributed by atoms with Gasteiger partial charge in [-0.25, -0.2) is 4.39 Å². The van der Waals surface area contributed by atoms with Crippen LogP contribution >= 0.6 is 0 Å². The molecule has 0 saturated heterocycles. The second-order valence-corrected chi connectivity index (χ2v) is 3.47. The standard InChI is InChI=1S/C11H16FNO/c1-8(13-2)11(12)7-9-4-3-5-10(14)6-9/h3-6,8,11,13-14H,7H2,1-2H3. The van der Waals surface area contributed by atoms with Crippen LogP contribution in [0.15, 0.2) is 24.3 Å². The molecule has 0 fully saturated rings. The maximum atomic E-state index is 13.5. The Labute approximate surface area is 83.8 Å². The number of phenolic OH excluding ortho intramolecular Hbond substituents is 1. The van der Waals surface area contributed by atoms with Crippen LogP contribution in [0.25, 0.3) is 0 Å². The van der Waals surface area contributed by atoms with Gasteiger partial charge in [0.05, 0.1) is 0 Å². The number of benzene rings is 1. The number of hydrogen-bond donors (Lipinski definition) is 2. The van der Waals surface area contributed by atoms with Gasteiger partial charge in [-0.3, -0.25) is 0 Å². The highest BCUT2D eigenvalue weighted by Crippen LogP contribution is 2.14. The number of nitrogens with one attached hydrogen (secondary N) is 1. The molecule has 0 saturated carbocycles. The molecule has 2 nitrogen and oxygen atoms in total. The Balaban J connectivity index is 2.60. The summed E-state index contributed by atoms with van der Waals surface area (Å²) in [6.07, 6.45) is -0.599. The smallest absolute Gasteiger partial charge is 0.119 e. The first kappa shape index (κ1) is 11.0. The molecule has 0 aliphatic carbocycles. The largest absolute Gasteiger partial charge is 0.508 e. The molecular weight excluding hydrogens is 181 g/mol. The number of aromatic hydroxyl groups is 1. The molecule has 2 atom stereocenters. The average molecular weight is 197 g/mol. The van der Waals surface area contributed by atoms with E-state index >= 15 is 0 Å². The van der Waals surface area contributed by atoms with Gasteiger partial charge in [0, 0.05) is 12.5 Å². The highest BCUT2D eigenvalue weighted by atomic mass is 19.1. The summed E-state index contributed by atoms with van der Waals surface area (Å²) in [6, 6.07) is 6.54. The normalized spacial score (nSPS) is 15.1.